The van der Waals surface area contributed by atoms with Crippen LogP contribution in [0.25, 0.3) is 0 Å². The minimum atomic E-state index is -0.449. The molecule has 1 saturated carbocycles. The first-order valence-electron chi connectivity index (χ1n) is 3.22. The number of methoxy groups -OCH3 is 1. The minimum absolute atomic E-state index is 0.0278. The molecule has 3 nitrogen and oxygen atoms in total. The van der Waals surface area contributed by atoms with Crippen LogP contribution in [0.3, 0.4) is 0 Å². The van der Waals surface area contributed by atoms with E-state index in [-0.39, 0.29) is 12.1 Å². The average Bonchev–Trinajstić information content (AvgIpc) is 2.15. The highest BCUT2D eigenvalue weighted by Crippen LogP contribution is 2.19. The van der Waals surface area contributed by atoms with Gasteiger partial charge in [-0.25, -0.2) is 0 Å². The van der Waals surface area contributed by atoms with E-state index in [0.29, 0.717) is 0 Å². The Morgan fingerprint density at radius 1 is 1.56 bits per heavy atom. The van der Waals surface area contributed by atoms with Gasteiger partial charge in [0.2, 0.25) is 0 Å². The summed E-state index contributed by atoms with van der Waals surface area (Å²) in [6.45, 7) is 0. The van der Waals surface area contributed by atoms with E-state index in [9.17, 15) is 5.11 Å². The molecule has 1 aliphatic rings. The lowest BCUT2D eigenvalue weighted by Crippen LogP contribution is -2.35. The summed E-state index contributed by atoms with van der Waals surface area (Å²) < 4.78 is 4.96. The van der Waals surface area contributed by atoms with Crippen LogP contribution in [0, 0.1) is 0 Å². The summed E-state index contributed by atoms with van der Waals surface area (Å²) in [4.78, 5) is 0. The topological polar surface area (TPSA) is 55.5 Å². The number of aliphatic hydroxyl groups excluding tert-OH is 1. The van der Waals surface area contributed by atoms with E-state index >= 15 is 0 Å². The zero-order valence-corrected chi connectivity index (χ0v) is 5.58. The van der Waals surface area contributed by atoms with Crippen LogP contribution in [0.5, 0.6) is 0 Å². The Bertz CT molecular complexity index is 97.1. The fraction of sp³-hybridized carbons (Fsp3) is 1.00. The number of rotatable bonds is 1. The van der Waals surface area contributed by atoms with Crippen LogP contribution in [0.4, 0.5) is 0 Å². The zero-order chi connectivity index (χ0) is 6.85. The summed E-state index contributed by atoms with van der Waals surface area (Å²) in [5.41, 5.74) is 5.51. The van der Waals surface area contributed by atoms with E-state index in [2.05, 4.69) is 0 Å². The highest BCUT2D eigenvalue weighted by Gasteiger charge is 2.31. The maximum Gasteiger partial charge on any atom is 0.0952 e. The van der Waals surface area contributed by atoms with Crippen molar-refractivity contribution in [2.45, 2.75) is 31.1 Å². The average molecular weight is 131 g/mol. The van der Waals surface area contributed by atoms with Crippen LogP contribution in [-0.4, -0.2) is 30.5 Å². The number of aliphatic hydroxyl groups is 1. The van der Waals surface area contributed by atoms with Crippen LogP contribution >= 0.6 is 0 Å². The summed E-state index contributed by atoms with van der Waals surface area (Å²) in [6, 6.07) is -0.0741. The Labute approximate surface area is 54.8 Å². The van der Waals surface area contributed by atoms with Crippen molar-refractivity contribution in [3.63, 3.8) is 0 Å². The number of hydrogen-bond donors (Lipinski definition) is 2. The Kier molecular flexibility index (Phi) is 2.05. The summed E-state index contributed by atoms with van der Waals surface area (Å²) >= 11 is 0. The summed E-state index contributed by atoms with van der Waals surface area (Å²) in [5.74, 6) is 0. The van der Waals surface area contributed by atoms with Gasteiger partial charge in [-0.1, -0.05) is 0 Å². The van der Waals surface area contributed by atoms with Crippen LogP contribution in [0.2, 0.25) is 0 Å². The maximum absolute atomic E-state index is 9.21. The van der Waals surface area contributed by atoms with Crippen molar-refractivity contribution >= 4 is 0 Å². The van der Waals surface area contributed by atoms with E-state index in [1.165, 1.54) is 0 Å². The van der Waals surface area contributed by atoms with Gasteiger partial charge in [0.15, 0.2) is 0 Å². The SMILES string of the molecule is CO[C@@H]1CC[C@@H](N)[C@H]1O. The molecule has 0 aromatic rings. The highest BCUT2D eigenvalue weighted by molar-refractivity contribution is 4.87. The number of hydrogen-bond acceptors (Lipinski definition) is 3. The van der Waals surface area contributed by atoms with Crippen LogP contribution < -0.4 is 5.73 Å². The molecule has 0 radical (unpaired) electrons. The lowest BCUT2D eigenvalue weighted by Gasteiger charge is -2.14. The molecule has 1 fully saturated rings. The lowest BCUT2D eigenvalue weighted by atomic mass is 10.2. The highest BCUT2D eigenvalue weighted by atomic mass is 16.5. The molecule has 0 aromatic carbocycles. The minimum Gasteiger partial charge on any atom is -0.389 e. The molecule has 0 saturated heterocycles. The van der Waals surface area contributed by atoms with Crippen LogP contribution in [-0.2, 0) is 4.74 Å². The van der Waals surface area contributed by atoms with Gasteiger partial charge in [-0.15, -0.1) is 0 Å². The lowest BCUT2D eigenvalue weighted by molar-refractivity contribution is 0.00428. The fourth-order valence-corrected chi connectivity index (χ4v) is 1.23. The van der Waals surface area contributed by atoms with Gasteiger partial charge in [0.25, 0.3) is 0 Å². The van der Waals surface area contributed by atoms with Gasteiger partial charge in [0.05, 0.1) is 12.2 Å². The van der Waals surface area contributed by atoms with E-state index in [1.807, 2.05) is 0 Å². The molecular weight excluding hydrogens is 118 g/mol. The molecular formula is C6H13NO2. The van der Waals surface area contributed by atoms with Gasteiger partial charge in [0, 0.05) is 13.2 Å². The van der Waals surface area contributed by atoms with Gasteiger partial charge in [-0.05, 0) is 12.8 Å². The predicted octanol–water partition coefficient (Wildman–Crippen LogP) is -0.517. The molecule has 1 rings (SSSR count). The van der Waals surface area contributed by atoms with Crippen molar-refractivity contribution in [1.29, 1.82) is 0 Å². The van der Waals surface area contributed by atoms with Gasteiger partial charge in [-0.2, -0.15) is 0 Å². The second kappa shape index (κ2) is 2.64. The first-order chi connectivity index (χ1) is 4.25. The molecule has 0 amide bonds. The molecule has 0 spiro atoms. The number of nitrogens with two attached hydrogens (primary N) is 1. The maximum atomic E-state index is 9.21. The van der Waals surface area contributed by atoms with Gasteiger partial charge >= 0.3 is 0 Å². The standard InChI is InChI=1S/C6H13NO2/c1-9-5-3-2-4(7)6(5)8/h4-6,8H,2-3,7H2,1H3/t4-,5-,6-/m1/s1. The van der Waals surface area contributed by atoms with Crippen molar-refractivity contribution in [2.24, 2.45) is 5.73 Å². The quantitative estimate of drug-likeness (QED) is 0.503. The molecule has 0 bridgehead atoms. The number of ether oxygens (including phenoxy) is 1. The van der Waals surface area contributed by atoms with Crippen molar-refractivity contribution in [3.05, 3.63) is 0 Å². The van der Waals surface area contributed by atoms with E-state index in [0.717, 1.165) is 12.8 Å². The molecule has 3 N–H and O–H groups in total. The smallest absolute Gasteiger partial charge is 0.0952 e. The predicted molar refractivity (Wildman–Crippen MR) is 34.0 cm³/mol. The van der Waals surface area contributed by atoms with Crippen molar-refractivity contribution < 1.29 is 9.84 Å². The van der Waals surface area contributed by atoms with Gasteiger partial charge in [0.1, 0.15) is 0 Å². The molecule has 0 unspecified atom stereocenters. The van der Waals surface area contributed by atoms with E-state index < -0.39 is 6.10 Å². The molecule has 9 heavy (non-hydrogen) atoms. The monoisotopic (exact) mass is 131 g/mol. The first-order valence-corrected chi connectivity index (χ1v) is 3.22. The first kappa shape index (κ1) is 6.99. The third-order valence-corrected chi connectivity index (χ3v) is 1.91. The molecule has 54 valence electrons. The third-order valence-electron chi connectivity index (χ3n) is 1.91. The van der Waals surface area contributed by atoms with E-state index in [1.54, 1.807) is 7.11 Å². The molecule has 0 aliphatic heterocycles. The Balaban J connectivity index is 2.41. The van der Waals surface area contributed by atoms with Crippen molar-refractivity contribution in [1.82, 2.24) is 0 Å². The largest absolute Gasteiger partial charge is 0.389 e. The van der Waals surface area contributed by atoms with Gasteiger partial charge < -0.3 is 15.6 Å². The third kappa shape index (κ3) is 1.23. The molecule has 3 atom stereocenters. The molecule has 3 heteroatoms. The summed E-state index contributed by atoms with van der Waals surface area (Å²) in [6.07, 6.45) is 1.29. The second-order valence-corrected chi connectivity index (χ2v) is 2.51. The Morgan fingerprint density at radius 3 is 2.44 bits per heavy atom. The van der Waals surface area contributed by atoms with Crippen LogP contribution in [0.15, 0.2) is 0 Å². The van der Waals surface area contributed by atoms with Crippen LogP contribution in [0.1, 0.15) is 12.8 Å². The molecule has 0 heterocycles. The fourth-order valence-electron chi connectivity index (χ4n) is 1.23. The zero-order valence-electron chi connectivity index (χ0n) is 5.58. The van der Waals surface area contributed by atoms with Gasteiger partial charge in [-0.3, -0.25) is 0 Å². The van der Waals surface area contributed by atoms with E-state index in [4.69, 9.17) is 10.5 Å². The Morgan fingerprint density at radius 2 is 2.22 bits per heavy atom. The Hall–Kier alpha value is -0.120. The normalized spacial score (nSPS) is 43.7. The second-order valence-electron chi connectivity index (χ2n) is 2.51. The summed E-state index contributed by atoms with van der Waals surface area (Å²) in [7, 11) is 1.60. The molecule has 0 aromatic heterocycles. The molecule has 1 aliphatic carbocycles. The van der Waals surface area contributed by atoms with Crippen molar-refractivity contribution in [2.75, 3.05) is 7.11 Å². The summed E-state index contributed by atoms with van der Waals surface area (Å²) in [5, 5.41) is 9.21. The van der Waals surface area contributed by atoms with Crippen molar-refractivity contribution in [3.8, 4) is 0 Å².